The third-order valence-electron chi connectivity index (χ3n) is 4.47. The number of pyridine rings is 1. The van der Waals surface area contributed by atoms with Crippen LogP contribution < -0.4 is 4.90 Å². The number of hydrogen-bond donors (Lipinski definition) is 0. The van der Waals surface area contributed by atoms with E-state index in [-0.39, 0.29) is 5.82 Å². The molecule has 130 valence electrons. The predicted molar refractivity (Wildman–Crippen MR) is 102 cm³/mol. The van der Waals surface area contributed by atoms with Crippen molar-refractivity contribution in [3.8, 4) is 0 Å². The molecule has 0 saturated carbocycles. The van der Waals surface area contributed by atoms with Crippen molar-refractivity contribution in [3.63, 3.8) is 0 Å². The second-order valence-electron chi connectivity index (χ2n) is 6.30. The van der Waals surface area contributed by atoms with Gasteiger partial charge in [-0.1, -0.05) is 30.3 Å². The molecule has 0 N–H and O–H groups in total. The molecule has 4 nitrogen and oxygen atoms in total. The van der Waals surface area contributed by atoms with Gasteiger partial charge in [0.1, 0.15) is 11.6 Å². The van der Waals surface area contributed by atoms with Crippen molar-refractivity contribution in [1.29, 1.82) is 0 Å². The van der Waals surface area contributed by atoms with Crippen molar-refractivity contribution < 1.29 is 4.39 Å². The smallest absolute Gasteiger partial charge is 0.128 e. The van der Waals surface area contributed by atoms with E-state index in [2.05, 4.69) is 31.6 Å². The molecule has 5 heteroatoms. The molecule has 0 atom stereocenters. The Kier molecular flexibility index (Phi) is 4.35. The zero-order valence-corrected chi connectivity index (χ0v) is 14.5. The minimum absolute atomic E-state index is 0.275. The Morgan fingerprint density at radius 1 is 1.00 bits per heavy atom. The maximum atomic E-state index is 13.5. The summed E-state index contributed by atoms with van der Waals surface area (Å²) in [6, 6.07) is 17.0. The third-order valence-corrected chi connectivity index (χ3v) is 4.47. The van der Waals surface area contributed by atoms with Gasteiger partial charge in [-0.05, 0) is 23.8 Å². The lowest BCUT2D eigenvalue weighted by Gasteiger charge is -2.21. The number of nitrogens with zero attached hydrogens (tertiary/aromatic N) is 4. The summed E-state index contributed by atoms with van der Waals surface area (Å²) >= 11 is 0. The second-order valence-corrected chi connectivity index (χ2v) is 6.30. The van der Waals surface area contributed by atoms with E-state index in [9.17, 15) is 4.39 Å². The molecule has 2 heterocycles. The third kappa shape index (κ3) is 3.28. The lowest BCUT2D eigenvalue weighted by Crippen LogP contribution is -2.20. The summed E-state index contributed by atoms with van der Waals surface area (Å²) in [6.45, 7) is 1.43. The summed E-state index contributed by atoms with van der Waals surface area (Å²) in [4.78, 5) is 10.9. The van der Waals surface area contributed by atoms with Crippen LogP contribution in [0.15, 0.2) is 73.2 Å². The Morgan fingerprint density at radius 2 is 1.85 bits per heavy atom. The summed E-state index contributed by atoms with van der Waals surface area (Å²) in [6.07, 6.45) is 5.53. The van der Waals surface area contributed by atoms with E-state index >= 15 is 0 Å². The van der Waals surface area contributed by atoms with E-state index in [0.717, 1.165) is 23.4 Å². The highest BCUT2D eigenvalue weighted by Crippen LogP contribution is 2.26. The van der Waals surface area contributed by atoms with Crippen LogP contribution in [0.2, 0.25) is 0 Å². The van der Waals surface area contributed by atoms with Crippen LogP contribution in [0.4, 0.5) is 10.1 Å². The molecule has 0 amide bonds. The van der Waals surface area contributed by atoms with Crippen LogP contribution in [-0.4, -0.2) is 21.6 Å². The fourth-order valence-electron chi connectivity index (χ4n) is 3.15. The molecule has 0 saturated heterocycles. The van der Waals surface area contributed by atoms with Crippen molar-refractivity contribution in [1.82, 2.24) is 14.5 Å². The molecule has 0 aliphatic heterocycles. The van der Waals surface area contributed by atoms with Gasteiger partial charge in [0.05, 0.1) is 12.1 Å². The first kappa shape index (κ1) is 16.3. The van der Waals surface area contributed by atoms with Gasteiger partial charge in [-0.25, -0.2) is 9.37 Å². The topological polar surface area (TPSA) is 34.0 Å². The van der Waals surface area contributed by atoms with Crippen LogP contribution in [0.5, 0.6) is 0 Å². The van der Waals surface area contributed by atoms with Gasteiger partial charge in [-0.2, -0.15) is 0 Å². The zero-order chi connectivity index (χ0) is 17.9. The molecule has 2 aromatic heterocycles. The van der Waals surface area contributed by atoms with Crippen LogP contribution in [-0.2, 0) is 13.1 Å². The number of benzene rings is 2. The summed E-state index contributed by atoms with van der Waals surface area (Å²) in [5.74, 6) is 0.701. The van der Waals surface area contributed by atoms with Gasteiger partial charge >= 0.3 is 0 Å². The summed E-state index contributed by atoms with van der Waals surface area (Å²) in [5.41, 5.74) is 2.89. The quantitative estimate of drug-likeness (QED) is 0.542. The fraction of sp³-hybridized carbons (Fsp3) is 0.143. The van der Waals surface area contributed by atoms with Gasteiger partial charge in [0.15, 0.2) is 0 Å². The summed E-state index contributed by atoms with van der Waals surface area (Å²) in [5, 5.41) is 0.928. The van der Waals surface area contributed by atoms with E-state index in [1.54, 1.807) is 12.3 Å². The number of rotatable bonds is 5. The minimum atomic E-state index is -0.275. The largest absolute Gasteiger partial charge is 0.367 e. The molecule has 0 bridgehead atoms. The Balaban J connectivity index is 1.60. The highest BCUT2D eigenvalue weighted by molar-refractivity contribution is 5.91. The number of anilines is 1. The van der Waals surface area contributed by atoms with Gasteiger partial charge in [0, 0.05) is 49.3 Å². The molecule has 0 radical (unpaired) electrons. The van der Waals surface area contributed by atoms with Crippen LogP contribution in [0.25, 0.3) is 10.9 Å². The van der Waals surface area contributed by atoms with Crippen molar-refractivity contribution >= 4 is 16.6 Å². The average Bonchev–Trinajstić information content (AvgIpc) is 3.08. The van der Waals surface area contributed by atoms with Gasteiger partial charge in [0.2, 0.25) is 0 Å². The molecule has 0 aliphatic carbocycles. The second kappa shape index (κ2) is 6.96. The molecule has 4 aromatic rings. The lowest BCUT2D eigenvalue weighted by molar-refractivity contribution is 0.629. The zero-order valence-electron chi connectivity index (χ0n) is 14.5. The molecule has 0 spiro atoms. The lowest BCUT2D eigenvalue weighted by atomic mass is 10.1. The highest BCUT2D eigenvalue weighted by Gasteiger charge is 2.11. The van der Waals surface area contributed by atoms with Gasteiger partial charge in [-0.15, -0.1) is 0 Å². The molecule has 2 aromatic carbocycles. The summed E-state index contributed by atoms with van der Waals surface area (Å²) in [7, 11) is 2.01. The highest BCUT2D eigenvalue weighted by atomic mass is 19.1. The molecular weight excluding hydrogens is 327 g/mol. The van der Waals surface area contributed by atoms with Crippen molar-refractivity contribution in [2.75, 3.05) is 11.9 Å². The Hall–Kier alpha value is -3.21. The minimum Gasteiger partial charge on any atom is -0.367 e. The van der Waals surface area contributed by atoms with Crippen LogP contribution in [0, 0.1) is 5.82 Å². The van der Waals surface area contributed by atoms with Gasteiger partial charge in [-0.3, -0.25) is 4.98 Å². The maximum Gasteiger partial charge on any atom is 0.128 e. The molecule has 0 fully saturated rings. The van der Waals surface area contributed by atoms with Gasteiger partial charge < -0.3 is 9.47 Å². The van der Waals surface area contributed by atoms with Crippen LogP contribution in [0.3, 0.4) is 0 Å². The molecule has 0 aliphatic rings. The molecule has 4 rings (SSSR count). The predicted octanol–water partition coefficient (Wildman–Crippen LogP) is 4.26. The average molecular weight is 346 g/mol. The number of hydrogen-bond acceptors (Lipinski definition) is 3. The number of halogens is 1. The Labute approximate surface area is 151 Å². The maximum absolute atomic E-state index is 13.5. The Bertz CT molecular complexity index is 1030. The van der Waals surface area contributed by atoms with E-state index in [0.29, 0.717) is 12.1 Å². The normalized spacial score (nSPS) is 11.0. The van der Waals surface area contributed by atoms with E-state index in [1.165, 1.54) is 17.7 Å². The monoisotopic (exact) mass is 346 g/mol. The van der Waals surface area contributed by atoms with Crippen molar-refractivity contribution in [3.05, 3.63) is 90.4 Å². The fourth-order valence-corrected chi connectivity index (χ4v) is 3.15. The van der Waals surface area contributed by atoms with Crippen molar-refractivity contribution in [2.24, 2.45) is 0 Å². The standard InChI is InChI=1S/C21H19FN4/c1-25(20-9-10-23-19-13-17(22)7-8-18(19)20)15-21-24-11-12-26(21)14-16-5-3-2-4-6-16/h2-13H,14-15H2,1H3. The van der Waals surface area contributed by atoms with E-state index in [1.807, 2.05) is 43.7 Å². The first-order valence-corrected chi connectivity index (χ1v) is 8.50. The molecule has 0 unspecified atom stereocenters. The SMILES string of the molecule is CN(Cc1nccn1Cc1ccccc1)c1ccnc2cc(F)ccc12. The van der Waals surface area contributed by atoms with E-state index < -0.39 is 0 Å². The van der Waals surface area contributed by atoms with Gasteiger partial charge in [0.25, 0.3) is 0 Å². The molecular formula is C21H19FN4. The molecule has 26 heavy (non-hydrogen) atoms. The Morgan fingerprint density at radius 3 is 2.69 bits per heavy atom. The number of aromatic nitrogens is 3. The number of imidazole rings is 1. The van der Waals surface area contributed by atoms with Crippen LogP contribution in [0.1, 0.15) is 11.4 Å². The van der Waals surface area contributed by atoms with E-state index in [4.69, 9.17) is 0 Å². The first-order valence-electron chi connectivity index (χ1n) is 8.50. The van der Waals surface area contributed by atoms with Crippen LogP contribution >= 0.6 is 0 Å². The summed E-state index contributed by atoms with van der Waals surface area (Å²) < 4.78 is 15.6. The number of fused-ring (bicyclic) bond motifs is 1. The first-order chi connectivity index (χ1) is 12.7. The van der Waals surface area contributed by atoms with Crippen molar-refractivity contribution in [2.45, 2.75) is 13.1 Å².